The molecule has 0 aliphatic carbocycles. The molecule has 1 unspecified atom stereocenters. The fourth-order valence-corrected chi connectivity index (χ4v) is 3.66. The smallest absolute Gasteiger partial charge is 0.0946 e. The molecular weight excluding hydrogens is 298 g/mol. The summed E-state index contributed by atoms with van der Waals surface area (Å²) in [6, 6.07) is 8.43. The first-order valence-corrected chi connectivity index (χ1v) is 8.63. The number of rotatable bonds is 5. The molecule has 0 N–H and O–H groups in total. The van der Waals surface area contributed by atoms with E-state index >= 15 is 0 Å². The van der Waals surface area contributed by atoms with Gasteiger partial charge in [0, 0.05) is 50.1 Å². The molecule has 0 spiro atoms. The second-order valence-electron chi connectivity index (χ2n) is 6.58. The molecule has 0 radical (unpaired) electrons. The molecule has 0 aromatic carbocycles. The van der Waals surface area contributed by atoms with Gasteiger partial charge < -0.3 is 9.13 Å². The number of piperidine rings is 1. The van der Waals surface area contributed by atoms with Gasteiger partial charge >= 0.3 is 0 Å². The van der Waals surface area contributed by atoms with Crippen molar-refractivity contribution in [3.05, 3.63) is 67.3 Å². The van der Waals surface area contributed by atoms with Gasteiger partial charge in [-0.1, -0.05) is 0 Å². The largest absolute Gasteiger partial charge is 0.337 e. The van der Waals surface area contributed by atoms with Crippen LogP contribution >= 0.6 is 0 Å². The minimum absolute atomic E-state index is 0.703. The molecule has 1 aliphatic heterocycles. The zero-order chi connectivity index (χ0) is 16.2. The predicted octanol–water partition coefficient (Wildman–Crippen LogP) is 2.98. The van der Waals surface area contributed by atoms with Gasteiger partial charge in [0.25, 0.3) is 0 Å². The van der Waals surface area contributed by atoms with E-state index in [0.717, 1.165) is 25.3 Å². The average Bonchev–Trinajstić information content (AvgIpc) is 3.28. The van der Waals surface area contributed by atoms with Crippen LogP contribution in [0.3, 0.4) is 0 Å². The van der Waals surface area contributed by atoms with E-state index in [1.807, 2.05) is 31.0 Å². The summed E-state index contributed by atoms with van der Waals surface area (Å²) in [7, 11) is 0. The fraction of sp³-hybridized carbons (Fsp3) is 0.368. The molecule has 0 amide bonds. The van der Waals surface area contributed by atoms with Crippen molar-refractivity contribution >= 4 is 0 Å². The van der Waals surface area contributed by atoms with Gasteiger partial charge in [-0.25, -0.2) is 4.98 Å². The molecule has 5 heteroatoms. The van der Waals surface area contributed by atoms with Crippen molar-refractivity contribution in [2.75, 3.05) is 13.1 Å². The van der Waals surface area contributed by atoms with Crippen molar-refractivity contribution in [2.45, 2.75) is 25.9 Å². The molecule has 124 valence electrons. The molecule has 3 aromatic rings. The fourth-order valence-electron chi connectivity index (χ4n) is 3.66. The number of nitrogens with zero attached hydrogens (tertiary/aromatic N) is 5. The molecule has 1 atom stereocenters. The summed E-state index contributed by atoms with van der Waals surface area (Å²) in [5.74, 6) is 0.703. The van der Waals surface area contributed by atoms with Gasteiger partial charge in [-0.05, 0) is 49.6 Å². The predicted molar refractivity (Wildman–Crippen MR) is 93.8 cm³/mol. The van der Waals surface area contributed by atoms with Gasteiger partial charge in [-0.15, -0.1) is 0 Å². The van der Waals surface area contributed by atoms with Gasteiger partial charge in [0.15, 0.2) is 0 Å². The van der Waals surface area contributed by atoms with E-state index in [1.54, 1.807) is 0 Å². The van der Waals surface area contributed by atoms with Crippen LogP contribution in [0, 0.1) is 5.92 Å². The van der Waals surface area contributed by atoms with E-state index < -0.39 is 0 Å². The zero-order valence-electron chi connectivity index (χ0n) is 13.8. The van der Waals surface area contributed by atoms with Crippen molar-refractivity contribution in [1.82, 2.24) is 24.0 Å². The quantitative estimate of drug-likeness (QED) is 0.725. The van der Waals surface area contributed by atoms with Gasteiger partial charge in [0.2, 0.25) is 0 Å². The van der Waals surface area contributed by atoms with Crippen LogP contribution in [-0.2, 0) is 13.1 Å². The number of pyridine rings is 1. The Morgan fingerprint density at radius 2 is 2.08 bits per heavy atom. The molecule has 5 nitrogen and oxygen atoms in total. The molecule has 1 aliphatic rings. The molecule has 1 saturated heterocycles. The summed E-state index contributed by atoms with van der Waals surface area (Å²) in [5, 5.41) is 0. The number of hydrogen-bond acceptors (Lipinski definition) is 3. The topological polar surface area (TPSA) is 38.9 Å². The van der Waals surface area contributed by atoms with Gasteiger partial charge in [0.1, 0.15) is 0 Å². The third-order valence-electron chi connectivity index (χ3n) is 4.77. The van der Waals surface area contributed by atoms with Crippen molar-refractivity contribution < 1.29 is 0 Å². The first-order chi connectivity index (χ1) is 11.9. The molecule has 1 fully saturated rings. The SMILES string of the molecule is c1cncc(-n2cccc2CN2CCCC(Cn3ccnc3)C2)c1. The Labute approximate surface area is 142 Å². The lowest BCUT2D eigenvalue weighted by molar-refractivity contribution is 0.154. The molecular formula is C19H23N5. The maximum Gasteiger partial charge on any atom is 0.0946 e. The van der Waals surface area contributed by atoms with Crippen LogP contribution in [0.5, 0.6) is 0 Å². The van der Waals surface area contributed by atoms with Crippen LogP contribution in [0.1, 0.15) is 18.5 Å². The highest BCUT2D eigenvalue weighted by atomic mass is 15.2. The second-order valence-corrected chi connectivity index (χ2v) is 6.58. The Balaban J connectivity index is 1.43. The van der Waals surface area contributed by atoms with Crippen LogP contribution in [0.2, 0.25) is 0 Å². The summed E-state index contributed by atoms with van der Waals surface area (Å²) < 4.78 is 4.44. The Hall–Kier alpha value is -2.40. The van der Waals surface area contributed by atoms with Gasteiger partial charge in [0.05, 0.1) is 18.2 Å². The van der Waals surface area contributed by atoms with Crippen LogP contribution in [0.15, 0.2) is 61.6 Å². The standard InChI is InChI=1S/C19H23N5/c1-5-18(12-20-7-1)24-10-3-6-19(24)15-22-9-2-4-17(13-22)14-23-11-8-21-16-23/h1,3,5-8,10-12,16-17H,2,4,9,13-15H2. The first kappa shape index (κ1) is 15.1. The Bertz CT molecular complexity index is 747. The van der Waals surface area contributed by atoms with Crippen LogP contribution in [0.25, 0.3) is 5.69 Å². The zero-order valence-corrected chi connectivity index (χ0v) is 13.8. The minimum atomic E-state index is 0.703. The number of aromatic nitrogens is 4. The van der Waals surface area contributed by atoms with E-state index in [1.165, 1.54) is 25.1 Å². The summed E-state index contributed by atoms with van der Waals surface area (Å²) in [6.07, 6.45) is 14.3. The van der Waals surface area contributed by atoms with Gasteiger partial charge in [-0.3, -0.25) is 9.88 Å². The van der Waals surface area contributed by atoms with E-state index in [0.29, 0.717) is 5.92 Å². The number of likely N-dealkylation sites (tertiary alicyclic amines) is 1. The lowest BCUT2D eigenvalue weighted by atomic mass is 9.98. The van der Waals surface area contributed by atoms with Gasteiger partial charge in [-0.2, -0.15) is 0 Å². The molecule has 0 bridgehead atoms. The highest BCUT2D eigenvalue weighted by Crippen LogP contribution is 2.21. The lowest BCUT2D eigenvalue weighted by Crippen LogP contribution is -2.36. The number of hydrogen-bond donors (Lipinski definition) is 0. The Morgan fingerprint density at radius 1 is 1.08 bits per heavy atom. The molecule has 24 heavy (non-hydrogen) atoms. The minimum Gasteiger partial charge on any atom is -0.337 e. The van der Waals surface area contributed by atoms with Crippen molar-refractivity contribution in [1.29, 1.82) is 0 Å². The highest BCUT2D eigenvalue weighted by Gasteiger charge is 2.21. The normalized spacial score (nSPS) is 18.8. The van der Waals surface area contributed by atoms with Crippen LogP contribution in [-0.4, -0.2) is 37.1 Å². The average molecular weight is 321 g/mol. The molecule has 0 saturated carbocycles. The second kappa shape index (κ2) is 7.01. The van der Waals surface area contributed by atoms with Crippen LogP contribution < -0.4 is 0 Å². The summed E-state index contributed by atoms with van der Waals surface area (Å²) in [4.78, 5) is 11.0. The van der Waals surface area contributed by atoms with Crippen molar-refractivity contribution in [3.63, 3.8) is 0 Å². The Morgan fingerprint density at radius 3 is 2.92 bits per heavy atom. The first-order valence-electron chi connectivity index (χ1n) is 8.63. The molecule has 3 aromatic heterocycles. The van der Waals surface area contributed by atoms with E-state index in [-0.39, 0.29) is 0 Å². The maximum absolute atomic E-state index is 4.24. The monoisotopic (exact) mass is 321 g/mol. The van der Waals surface area contributed by atoms with E-state index in [4.69, 9.17) is 0 Å². The summed E-state index contributed by atoms with van der Waals surface area (Å²) in [5.41, 5.74) is 2.45. The van der Waals surface area contributed by atoms with Crippen molar-refractivity contribution in [2.24, 2.45) is 5.92 Å². The van der Waals surface area contributed by atoms with E-state index in [9.17, 15) is 0 Å². The van der Waals surface area contributed by atoms with Crippen molar-refractivity contribution in [3.8, 4) is 5.69 Å². The molecule has 4 rings (SSSR count). The summed E-state index contributed by atoms with van der Waals surface area (Å²) in [6.45, 7) is 4.39. The maximum atomic E-state index is 4.24. The number of imidazole rings is 1. The van der Waals surface area contributed by atoms with Crippen LogP contribution in [0.4, 0.5) is 0 Å². The van der Waals surface area contributed by atoms with E-state index in [2.05, 4.69) is 54.6 Å². The highest BCUT2D eigenvalue weighted by molar-refractivity contribution is 5.32. The third-order valence-corrected chi connectivity index (χ3v) is 4.77. The summed E-state index contributed by atoms with van der Waals surface area (Å²) >= 11 is 0. The third kappa shape index (κ3) is 3.41. The molecule has 4 heterocycles. The Kier molecular flexibility index (Phi) is 4.42. The lowest BCUT2D eigenvalue weighted by Gasteiger charge is -2.33.